The first-order valence-corrected chi connectivity index (χ1v) is 13.0. The van der Waals surface area contributed by atoms with Crippen molar-refractivity contribution >= 4 is 35.2 Å². The molecule has 0 unspecified atom stereocenters. The van der Waals surface area contributed by atoms with E-state index in [1.165, 1.54) is 30.4 Å². The molecule has 0 spiro atoms. The molecule has 3 rings (SSSR count). The standard InChI is InChI=1S/C24H28N6OS2/c1-17(31)27-15-18-5-7-19(8-6-18)16-33-24-21(14-26)22(32-3)20(13-25)23(28-24)30-10-4-9-29(2)11-12-30/h5-8H,4,9-12,15-16H2,1-3H3,(H,27,31). The average molecular weight is 481 g/mol. The van der Waals surface area contributed by atoms with Crippen LogP contribution in [-0.4, -0.2) is 55.3 Å². The fraction of sp³-hybridized carbons (Fsp3) is 0.417. The highest BCUT2D eigenvalue weighted by Gasteiger charge is 2.24. The Morgan fingerprint density at radius 3 is 2.42 bits per heavy atom. The van der Waals surface area contributed by atoms with Crippen molar-refractivity contribution in [1.29, 1.82) is 10.5 Å². The molecule has 0 aliphatic carbocycles. The number of aromatic nitrogens is 1. The van der Waals surface area contributed by atoms with Gasteiger partial charge in [-0.05, 0) is 37.4 Å². The molecular weight excluding hydrogens is 452 g/mol. The molecule has 0 saturated carbocycles. The highest BCUT2D eigenvalue weighted by Crippen LogP contribution is 2.37. The quantitative estimate of drug-likeness (QED) is 0.601. The van der Waals surface area contributed by atoms with E-state index in [1.54, 1.807) is 0 Å². The Bertz CT molecular complexity index is 1070. The van der Waals surface area contributed by atoms with Gasteiger partial charge in [-0.1, -0.05) is 24.3 Å². The lowest BCUT2D eigenvalue weighted by atomic mass is 10.1. The predicted molar refractivity (Wildman–Crippen MR) is 133 cm³/mol. The summed E-state index contributed by atoms with van der Waals surface area (Å²) in [7, 11) is 2.11. The van der Waals surface area contributed by atoms with Gasteiger partial charge in [0.2, 0.25) is 5.91 Å². The lowest BCUT2D eigenvalue weighted by Gasteiger charge is -2.24. The van der Waals surface area contributed by atoms with Crippen molar-refractivity contribution < 1.29 is 4.79 Å². The third kappa shape index (κ3) is 6.42. The number of carbonyl (C=O) groups is 1. The predicted octanol–water partition coefficient (Wildman–Crippen LogP) is 3.62. The van der Waals surface area contributed by atoms with E-state index >= 15 is 0 Å². The molecule has 1 N–H and O–H groups in total. The molecule has 172 valence electrons. The maximum absolute atomic E-state index is 11.1. The summed E-state index contributed by atoms with van der Waals surface area (Å²) < 4.78 is 0. The highest BCUT2D eigenvalue weighted by molar-refractivity contribution is 7.99. The SMILES string of the molecule is CSc1c(C#N)c(SCc2ccc(CNC(C)=O)cc2)nc(N2CCCN(C)CC2)c1C#N. The number of thioether (sulfide) groups is 2. The van der Waals surface area contributed by atoms with Crippen molar-refractivity contribution in [3.8, 4) is 12.1 Å². The van der Waals surface area contributed by atoms with Crippen LogP contribution < -0.4 is 10.2 Å². The average Bonchev–Trinajstić information content (AvgIpc) is 3.05. The van der Waals surface area contributed by atoms with Gasteiger partial charge in [0.05, 0.1) is 5.56 Å². The van der Waals surface area contributed by atoms with Crippen molar-refractivity contribution in [2.24, 2.45) is 0 Å². The van der Waals surface area contributed by atoms with Crippen molar-refractivity contribution in [1.82, 2.24) is 15.2 Å². The zero-order valence-corrected chi connectivity index (χ0v) is 20.9. The van der Waals surface area contributed by atoms with E-state index in [2.05, 4.69) is 34.3 Å². The third-order valence-electron chi connectivity index (χ3n) is 5.49. The number of hydrogen-bond donors (Lipinski definition) is 1. The number of nitrogens with zero attached hydrogens (tertiary/aromatic N) is 5. The van der Waals surface area contributed by atoms with Crippen LogP contribution in [0, 0.1) is 22.7 Å². The minimum Gasteiger partial charge on any atom is -0.354 e. The monoisotopic (exact) mass is 480 g/mol. The fourth-order valence-electron chi connectivity index (χ4n) is 3.66. The summed E-state index contributed by atoms with van der Waals surface area (Å²) in [6.07, 6.45) is 2.91. The molecule has 0 radical (unpaired) electrons. The van der Waals surface area contributed by atoms with Crippen LogP contribution in [0.3, 0.4) is 0 Å². The second-order valence-electron chi connectivity index (χ2n) is 7.91. The number of nitrogens with one attached hydrogen (secondary N) is 1. The smallest absolute Gasteiger partial charge is 0.217 e. The molecule has 1 amide bonds. The molecule has 1 fully saturated rings. The van der Waals surface area contributed by atoms with Crippen LogP contribution >= 0.6 is 23.5 Å². The summed E-state index contributed by atoms with van der Waals surface area (Å²) in [6, 6.07) is 12.7. The number of hydrogen-bond acceptors (Lipinski definition) is 8. The van der Waals surface area contributed by atoms with Gasteiger partial charge in [0.1, 0.15) is 28.5 Å². The summed E-state index contributed by atoms with van der Waals surface area (Å²) in [5, 5.41) is 23.3. The third-order valence-corrected chi connectivity index (χ3v) is 7.35. The number of rotatable bonds is 7. The number of pyridine rings is 1. The Balaban J connectivity index is 1.87. The Labute approximate surface area is 204 Å². The second kappa shape index (κ2) is 11.9. The Hall–Kier alpha value is -2.72. The molecular formula is C24H28N6OS2. The Morgan fingerprint density at radius 2 is 1.79 bits per heavy atom. The molecule has 2 heterocycles. The van der Waals surface area contributed by atoms with Gasteiger partial charge >= 0.3 is 0 Å². The Morgan fingerprint density at radius 1 is 1.09 bits per heavy atom. The molecule has 0 bridgehead atoms. The first-order chi connectivity index (χ1) is 16.0. The van der Waals surface area contributed by atoms with Crippen LogP contribution in [0.5, 0.6) is 0 Å². The van der Waals surface area contributed by atoms with Gasteiger partial charge in [0, 0.05) is 43.8 Å². The number of nitriles is 2. The lowest BCUT2D eigenvalue weighted by molar-refractivity contribution is -0.119. The molecule has 7 nitrogen and oxygen atoms in total. The van der Waals surface area contributed by atoms with E-state index < -0.39 is 0 Å². The van der Waals surface area contributed by atoms with Gasteiger partial charge < -0.3 is 15.1 Å². The van der Waals surface area contributed by atoms with E-state index in [0.717, 1.165) is 43.7 Å². The molecule has 0 atom stereocenters. The van der Waals surface area contributed by atoms with Gasteiger partial charge in [-0.15, -0.1) is 23.5 Å². The zero-order valence-electron chi connectivity index (χ0n) is 19.2. The fourth-order valence-corrected chi connectivity index (χ4v) is 5.35. The number of likely N-dealkylation sites (N-methyl/N-ethyl adjacent to an activating group) is 1. The summed E-state index contributed by atoms with van der Waals surface area (Å²) >= 11 is 2.95. The summed E-state index contributed by atoms with van der Waals surface area (Å²) in [5.41, 5.74) is 3.11. The van der Waals surface area contributed by atoms with Gasteiger partial charge in [0.15, 0.2) is 0 Å². The highest BCUT2D eigenvalue weighted by atomic mass is 32.2. The summed E-state index contributed by atoms with van der Waals surface area (Å²) in [5.74, 6) is 1.29. The number of carbonyl (C=O) groups excluding carboxylic acids is 1. The number of amides is 1. The second-order valence-corrected chi connectivity index (χ2v) is 9.69. The van der Waals surface area contributed by atoms with Gasteiger partial charge in [-0.3, -0.25) is 4.79 Å². The van der Waals surface area contributed by atoms with Crippen LogP contribution in [0.4, 0.5) is 5.82 Å². The normalized spacial score (nSPS) is 14.3. The van der Waals surface area contributed by atoms with E-state index in [9.17, 15) is 15.3 Å². The lowest BCUT2D eigenvalue weighted by Crippen LogP contribution is -2.30. The van der Waals surface area contributed by atoms with Crippen LogP contribution in [0.15, 0.2) is 34.2 Å². The molecule has 2 aromatic rings. The largest absolute Gasteiger partial charge is 0.354 e. The molecule has 1 aliphatic heterocycles. The number of benzene rings is 1. The van der Waals surface area contributed by atoms with Gasteiger partial charge in [0.25, 0.3) is 0 Å². The van der Waals surface area contributed by atoms with E-state index in [4.69, 9.17) is 4.98 Å². The van der Waals surface area contributed by atoms with Crippen LogP contribution in [0.2, 0.25) is 0 Å². The molecule has 33 heavy (non-hydrogen) atoms. The zero-order chi connectivity index (χ0) is 23.8. The van der Waals surface area contributed by atoms with Crippen LogP contribution in [-0.2, 0) is 17.1 Å². The minimum absolute atomic E-state index is 0.0537. The topological polar surface area (TPSA) is 96.0 Å². The van der Waals surface area contributed by atoms with Crippen molar-refractivity contribution in [2.75, 3.05) is 44.4 Å². The molecule has 1 aromatic heterocycles. The molecule has 9 heteroatoms. The summed E-state index contributed by atoms with van der Waals surface area (Å²) in [4.78, 5) is 21.1. The van der Waals surface area contributed by atoms with Crippen molar-refractivity contribution in [3.63, 3.8) is 0 Å². The molecule has 1 aromatic carbocycles. The van der Waals surface area contributed by atoms with E-state index in [0.29, 0.717) is 39.2 Å². The first-order valence-electron chi connectivity index (χ1n) is 10.8. The summed E-state index contributed by atoms with van der Waals surface area (Å²) in [6.45, 7) is 5.58. The van der Waals surface area contributed by atoms with Crippen molar-refractivity contribution in [2.45, 2.75) is 35.6 Å². The maximum Gasteiger partial charge on any atom is 0.217 e. The van der Waals surface area contributed by atoms with Crippen LogP contribution in [0.25, 0.3) is 0 Å². The van der Waals surface area contributed by atoms with E-state index in [-0.39, 0.29) is 5.91 Å². The van der Waals surface area contributed by atoms with Gasteiger partial charge in [-0.25, -0.2) is 4.98 Å². The molecule has 1 aliphatic rings. The maximum atomic E-state index is 11.1. The van der Waals surface area contributed by atoms with E-state index in [1.807, 2.05) is 30.5 Å². The molecule has 1 saturated heterocycles. The minimum atomic E-state index is -0.0537. The first kappa shape index (κ1) is 24.9. The van der Waals surface area contributed by atoms with Crippen molar-refractivity contribution in [3.05, 3.63) is 46.5 Å². The number of anilines is 1. The van der Waals surface area contributed by atoms with Crippen LogP contribution in [0.1, 0.15) is 35.6 Å². The van der Waals surface area contributed by atoms with Gasteiger partial charge in [-0.2, -0.15) is 10.5 Å². The Kier molecular flexibility index (Phi) is 9.02.